The zero-order valence-corrected chi connectivity index (χ0v) is 8.58. The number of ether oxygens (including phenoxy) is 1. The zero-order valence-electron chi connectivity index (χ0n) is 8.58. The minimum atomic E-state index is -0.272. The molecule has 1 aromatic rings. The van der Waals surface area contributed by atoms with E-state index in [9.17, 15) is 4.79 Å². The molecule has 0 saturated carbocycles. The van der Waals surface area contributed by atoms with Crippen LogP contribution in [-0.4, -0.2) is 17.7 Å². The molecule has 0 atom stereocenters. The summed E-state index contributed by atoms with van der Waals surface area (Å²) < 4.78 is 9.77. The molecule has 4 nitrogen and oxygen atoms in total. The molecule has 0 aliphatic heterocycles. The topological polar surface area (TPSA) is 52.3 Å². The molecular formula is C10H15NO3. The van der Waals surface area contributed by atoms with Crippen molar-refractivity contribution in [1.82, 2.24) is 5.16 Å². The van der Waals surface area contributed by atoms with Gasteiger partial charge in [0.2, 0.25) is 0 Å². The third kappa shape index (κ3) is 3.20. The Bertz CT molecular complexity index is 293. The second kappa shape index (κ2) is 5.42. The number of carbonyl (C=O) groups is 1. The molecule has 0 bridgehead atoms. The van der Waals surface area contributed by atoms with E-state index in [4.69, 9.17) is 9.26 Å². The van der Waals surface area contributed by atoms with Gasteiger partial charge in [-0.3, -0.25) is 4.79 Å². The lowest BCUT2D eigenvalue weighted by atomic mass is 10.2. The number of hydrogen-bond acceptors (Lipinski definition) is 4. The molecule has 0 unspecified atom stereocenters. The molecule has 0 radical (unpaired) electrons. The van der Waals surface area contributed by atoms with Crippen molar-refractivity contribution in [1.29, 1.82) is 0 Å². The Morgan fingerprint density at radius 2 is 2.36 bits per heavy atom. The van der Waals surface area contributed by atoms with Gasteiger partial charge < -0.3 is 9.26 Å². The maximum atomic E-state index is 11.1. The molecule has 0 aliphatic carbocycles. The van der Waals surface area contributed by atoms with Gasteiger partial charge in [-0.05, 0) is 13.3 Å². The minimum Gasteiger partial charge on any atom is -0.466 e. The fraction of sp³-hybridized carbons (Fsp3) is 0.600. The molecule has 1 heterocycles. The van der Waals surface area contributed by atoms with E-state index < -0.39 is 0 Å². The standard InChI is InChI=1S/C10H15NO3/c1-3-5-8-6-9(14-11-8)7-10(12)13-4-2/h6H,3-5,7H2,1-2H3. The molecule has 0 N–H and O–H groups in total. The summed E-state index contributed by atoms with van der Waals surface area (Å²) in [6.07, 6.45) is 2.07. The molecule has 0 spiro atoms. The summed E-state index contributed by atoms with van der Waals surface area (Å²) in [5, 5.41) is 3.84. The SMILES string of the molecule is CCCc1cc(CC(=O)OCC)on1. The Kier molecular flexibility index (Phi) is 4.16. The van der Waals surface area contributed by atoms with Crippen molar-refractivity contribution in [3.05, 3.63) is 17.5 Å². The Balaban J connectivity index is 2.46. The monoisotopic (exact) mass is 197 g/mol. The van der Waals surface area contributed by atoms with Gasteiger partial charge >= 0.3 is 5.97 Å². The van der Waals surface area contributed by atoms with Crippen LogP contribution in [0.4, 0.5) is 0 Å². The smallest absolute Gasteiger partial charge is 0.313 e. The number of hydrogen-bond donors (Lipinski definition) is 0. The number of esters is 1. The van der Waals surface area contributed by atoms with Crippen LogP contribution in [0.5, 0.6) is 0 Å². The highest BCUT2D eigenvalue weighted by atomic mass is 16.5. The van der Waals surface area contributed by atoms with E-state index in [1.54, 1.807) is 13.0 Å². The molecule has 0 fully saturated rings. The molecule has 0 amide bonds. The third-order valence-electron chi connectivity index (χ3n) is 1.74. The van der Waals surface area contributed by atoms with E-state index in [1.165, 1.54) is 0 Å². The molecule has 0 aliphatic rings. The second-order valence-corrected chi connectivity index (χ2v) is 3.02. The predicted molar refractivity (Wildman–Crippen MR) is 50.8 cm³/mol. The lowest BCUT2D eigenvalue weighted by molar-refractivity contribution is -0.142. The summed E-state index contributed by atoms with van der Waals surface area (Å²) in [4.78, 5) is 11.1. The largest absolute Gasteiger partial charge is 0.466 e. The van der Waals surface area contributed by atoms with Crippen LogP contribution in [0.1, 0.15) is 31.7 Å². The van der Waals surface area contributed by atoms with Gasteiger partial charge in [-0.25, -0.2) is 0 Å². The minimum absolute atomic E-state index is 0.171. The second-order valence-electron chi connectivity index (χ2n) is 3.02. The van der Waals surface area contributed by atoms with E-state index in [2.05, 4.69) is 12.1 Å². The van der Waals surface area contributed by atoms with Crippen LogP contribution in [0, 0.1) is 0 Å². The maximum absolute atomic E-state index is 11.1. The molecular weight excluding hydrogens is 182 g/mol. The summed E-state index contributed by atoms with van der Waals surface area (Å²) >= 11 is 0. The van der Waals surface area contributed by atoms with Gasteiger partial charge in [0.25, 0.3) is 0 Å². The highest BCUT2D eigenvalue weighted by Gasteiger charge is 2.09. The molecule has 14 heavy (non-hydrogen) atoms. The van der Waals surface area contributed by atoms with Crippen molar-refractivity contribution in [2.75, 3.05) is 6.61 Å². The van der Waals surface area contributed by atoms with Crippen molar-refractivity contribution in [2.45, 2.75) is 33.1 Å². The van der Waals surface area contributed by atoms with E-state index >= 15 is 0 Å². The van der Waals surface area contributed by atoms with Crippen molar-refractivity contribution in [2.24, 2.45) is 0 Å². The van der Waals surface area contributed by atoms with E-state index in [0.717, 1.165) is 18.5 Å². The van der Waals surface area contributed by atoms with E-state index in [-0.39, 0.29) is 12.4 Å². The number of aromatic nitrogens is 1. The lowest BCUT2D eigenvalue weighted by Gasteiger charge is -1.96. The normalized spacial score (nSPS) is 10.1. The Labute approximate surface area is 83.2 Å². The fourth-order valence-electron chi connectivity index (χ4n) is 1.17. The van der Waals surface area contributed by atoms with E-state index in [0.29, 0.717) is 12.4 Å². The van der Waals surface area contributed by atoms with Gasteiger partial charge in [-0.15, -0.1) is 0 Å². The first-order chi connectivity index (χ1) is 6.76. The summed E-state index contributed by atoms with van der Waals surface area (Å²) in [7, 11) is 0. The molecule has 1 rings (SSSR count). The van der Waals surface area contributed by atoms with Gasteiger partial charge in [0, 0.05) is 6.07 Å². The summed E-state index contributed by atoms with van der Waals surface area (Å²) in [5.41, 5.74) is 0.895. The third-order valence-corrected chi connectivity index (χ3v) is 1.74. The number of carbonyl (C=O) groups excluding carboxylic acids is 1. The van der Waals surface area contributed by atoms with E-state index in [1.807, 2.05) is 0 Å². The van der Waals surface area contributed by atoms with Gasteiger partial charge in [-0.1, -0.05) is 18.5 Å². The first kappa shape index (κ1) is 10.8. The van der Waals surface area contributed by atoms with Crippen molar-refractivity contribution in [3.8, 4) is 0 Å². The van der Waals surface area contributed by atoms with Crippen LogP contribution in [-0.2, 0) is 22.4 Å². The average molecular weight is 197 g/mol. The van der Waals surface area contributed by atoms with Gasteiger partial charge in [0.05, 0.1) is 12.3 Å². The maximum Gasteiger partial charge on any atom is 0.313 e. The van der Waals surface area contributed by atoms with Crippen LogP contribution in [0.25, 0.3) is 0 Å². The first-order valence-corrected chi connectivity index (χ1v) is 4.86. The van der Waals surface area contributed by atoms with Crippen LogP contribution < -0.4 is 0 Å². The van der Waals surface area contributed by atoms with Gasteiger partial charge in [-0.2, -0.15) is 0 Å². The van der Waals surface area contributed by atoms with Crippen molar-refractivity contribution < 1.29 is 14.1 Å². The van der Waals surface area contributed by atoms with Crippen molar-refractivity contribution >= 4 is 5.97 Å². The van der Waals surface area contributed by atoms with Crippen LogP contribution in [0.15, 0.2) is 10.6 Å². The fourth-order valence-corrected chi connectivity index (χ4v) is 1.17. The van der Waals surface area contributed by atoms with Crippen LogP contribution in [0.2, 0.25) is 0 Å². The highest BCUT2D eigenvalue weighted by Crippen LogP contribution is 2.07. The predicted octanol–water partition coefficient (Wildman–Crippen LogP) is 1.73. The molecule has 4 heteroatoms. The Hall–Kier alpha value is -1.32. The lowest BCUT2D eigenvalue weighted by Crippen LogP contribution is -2.06. The first-order valence-electron chi connectivity index (χ1n) is 4.86. The van der Waals surface area contributed by atoms with Gasteiger partial charge in [0.1, 0.15) is 12.2 Å². The molecule has 1 aromatic heterocycles. The Morgan fingerprint density at radius 3 is 3.00 bits per heavy atom. The molecule has 0 aromatic carbocycles. The van der Waals surface area contributed by atoms with Crippen LogP contribution in [0.3, 0.4) is 0 Å². The number of aryl methyl sites for hydroxylation is 1. The molecule has 0 saturated heterocycles. The highest BCUT2D eigenvalue weighted by molar-refractivity contribution is 5.71. The summed E-state index contributed by atoms with van der Waals surface area (Å²) in [6, 6.07) is 1.81. The van der Waals surface area contributed by atoms with Gasteiger partial charge in [0.15, 0.2) is 0 Å². The van der Waals surface area contributed by atoms with Crippen molar-refractivity contribution in [3.63, 3.8) is 0 Å². The number of rotatable bonds is 5. The summed E-state index contributed by atoms with van der Waals surface area (Å²) in [5.74, 6) is 0.304. The zero-order chi connectivity index (χ0) is 10.4. The molecule has 78 valence electrons. The average Bonchev–Trinajstić information content (AvgIpc) is 2.53. The summed E-state index contributed by atoms with van der Waals surface area (Å²) in [6.45, 7) is 4.25. The quantitative estimate of drug-likeness (QED) is 0.674. The number of nitrogens with zero attached hydrogens (tertiary/aromatic N) is 1. The van der Waals surface area contributed by atoms with Crippen LogP contribution >= 0.6 is 0 Å². The Morgan fingerprint density at radius 1 is 1.57 bits per heavy atom.